The molecule has 0 aromatic carbocycles. The van der Waals surface area contributed by atoms with Gasteiger partial charge in [0.05, 0.1) is 11.4 Å². The van der Waals surface area contributed by atoms with Gasteiger partial charge in [-0.1, -0.05) is 0 Å². The van der Waals surface area contributed by atoms with E-state index in [1.165, 1.54) is 11.3 Å². The van der Waals surface area contributed by atoms with Gasteiger partial charge in [0.25, 0.3) is 0 Å². The van der Waals surface area contributed by atoms with Gasteiger partial charge in [-0.15, -0.1) is 0 Å². The first-order valence-corrected chi connectivity index (χ1v) is 4.34. The summed E-state index contributed by atoms with van der Waals surface area (Å²) in [5.41, 5.74) is 3.51. The van der Waals surface area contributed by atoms with Crippen molar-refractivity contribution < 1.29 is 0 Å². The van der Waals surface area contributed by atoms with Crippen LogP contribution in [-0.2, 0) is 0 Å². The van der Waals surface area contributed by atoms with Gasteiger partial charge in [0.1, 0.15) is 0 Å². The molecule has 0 unspecified atom stereocenters. The molecule has 2 nitrogen and oxygen atoms in total. The lowest BCUT2D eigenvalue weighted by molar-refractivity contribution is 1.00. The van der Waals surface area contributed by atoms with E-state index in [1.54, 1.807) is 0 Å². The third-order valence-electron chi connectivity index (χ3n) is 2.17. The lowest BCUT2D eigenvalue weighted by Crippen LogP contribution is -1.98. The summed E-state index contributed by atoms with van der Waals surface area (Å²) in [7, 11) is 0. The van der Waals surface area contributed by atoms with Crippen LogP contribution in [0.15, 0.2) is 36.8 Å². The van der Waals surface area contributed by atoms with Crippen molar-refractivity contribution in [1.29, 1.82) is 0 Å². The first-order valence-electron chi connectivity index (χ1n) is 4.34. The van der Waals surface area contributed by atoms with Crippen LogP contribution in [0.1, 0.15) is 11.3 Å². The molecule has 0 amide bonds. The molecule has 0 spiro atoms. The van der Waals surface area contributed by atoms with E-state index in [1.807, 2.05) is 43.7 Å². The van der Waals surface area contributed by atoms with Gasteiger partial charge >= 0.3 is 0 Å². The van der Waals surface area contributed by atoms with Crippen molar-refractivity contribution in [1.82, 2.24) is 9.55 Å². The quantitative estimate of drug-likeness (QED) is 0.646. The van der Waals surface area contributed by atoms with Crippen molar-refractivity contribution in [3.05, 3.63) is 48.0 Å². The fourth-order valence-electron chi connectivity index (χ4n) is 1.56. The molecule has 13 heavy (non-hydrogen) atoms. The highest BCUT2D eigenvalue weighted by molar-refractivity contribution is 5.43. The Balaban J connectivity index is 2.64. The molecular weight excluding hydrogens is 160 g/mol. The molecule has 0 atom stereocenters. The van der Waals surface area contributed by atoms with Gasteiger partial charge in [0.2, 0.25) is 0 Å². The maximum atomic E-state index is 4.28. The van der Waals surface area contributed by atoms with Crippen LogP contribution in [0.4, 0.5) is 0 Å². The van der Waals surface area contributed by atoms with Crippen LogP contribution >= 0.6 is 0 Å². The topological polar surface area (TPSA) is 17.8 Å². The summed E-state index contributed by atoms with van der Waals surface area (Å²) in [5.74, 6) is 0. The van der Waals surface area contributed by atoms with Crippen LogP contribution in [0.2, 0.25) is 0 Å². The molecule has 66 valence electrons. The van der Waals surface area contributed by atoms with Crippen molar-refractivity contribution in [2.45, 2.75) is 13.8 Å². The zero-order valence-electron chi connectivity index (χ0n) is 7.86. The highest BCUT2D eigenvalue weighted by atomic mass is 15.0. The summed E-state index contributed by atoms with van der Waals surface area (Å²) in [6, 6.07) is 6.07. The Hall–Kier alpha value is -1.57. The molecule has 0 bridgehead atoms. The van der Waals surface area contributed by atoms with Gasteiger partial charge in [0, 0.05) is 18.6 Å². The van der Waals surface area contributed by atoms with Gasteiger partial charge in [-0.3, -0.25) is 4.98 Å². The van der Waals surface area contributed by atoms with E-state index in [0.29, 0.717) is 0 Å². The Morgan fingerprint density at radius 2 is 1.85 bits per heavy atom. The third kappa shape index (κ3) is 1.35. The van der Waals surface area contributed by atoms with Crippen molar-refractivity contribution in [2.24, 2.45) is 0 Å². The Morgan fingerprint density at radius 1 is 1.15 bits per heavy atom. The predicted molar refractivity (Wildman–Crippen MR) is 53.0 cm³/mol. The van der Waals surface area contributed by atoms with E-state index in [-0.39, 0.29) is 0 Å². The minimum absolute atomic E-state index is 1.07. The summed E-state index contributed by atoms with van der Waals surface area (Å²) >= 11 is 0. The van der Waals surface area contributed by atoms with Crippen LogP contribution in [0, 0.1) is 13.8 Å². The fourth-order valence-corrected chi connectivity index (χ4v) is 1.56. The number of hydrogen-bond acceptors (Lipinski definition) is 1. The van der Waals surface area contributed by atoms with Gasteiger partial charge in [-0.25, -0.2) is 0 Å². The zero-order valence-corrected chi connectivity index (χ0v) is 7.86. The Kier molecular flexibility index (Phi) is 1.89. The Labute approximate surface area is 77.9 Å². The number of pyridine rings is 1. The van der Waals surface area contributed by atoms with Crippen LogP contribution in [0.5, 0.6) is 0 Å². The fraction of sp³-hybridized carbons (Fsp3) is 0.182. The minimum Gasteiger partial charge on any atom is -0.322 e. The lowest BCUT2D eigenvalue weighted by Gasteiger charge is -2.09. The highest BCUT2D eigenvalue weighted by Crippen LogP contribution is 2.15. The Bertz CT molecular complexity index is 382. The van der Waals surface area contributed by atoms with E-state index >= 15 is 0 Å². The van der Waals surface area contributed by atoms with Crippen molar-refractivity contribution in [2.75, 3.05) is 0 Å². The standard InChI is InChI=1S/C11H12N2/c1-9-5-6-12-10(2)11(9)13-7-3-4-8-13/h3-8H,1-2H3. The van der Waals surface area contributed by atoms with Crippen LogP contribution in [-0.4, -0.2) is 9.55 Å². The van der Waals surface area contributed by atoms with E-state index in [9.17, 15) is 0 Å². The first-order chi connectivity index (χ1) is 6.29. The van der Waals surface area contributed by atoms with Crippen LogP contribution < -0.4 is 0 Å². The lowest BCUT2D eigenvalue weighted by atomic mass is 10.2. The average molecular weight is 172 g/mol. The molecule has 0 saturated heterocycles. The molecule has 2 rings (SSSR count). The second-order valence-electron chi connectivity index (χ2n) is 3.15. The van der Waals surface area contributed by atoms with E-state index in [0.717, 1.165) is 5.69 Å². The molecule has 2 aromatic rings. The summed E-state index contributed by atoms with van der Waals surface area (Å²) in [4.78, 5) is 4.28. The van der Waals surface area contributed by atoms with E-state index in [2.05, 4.69) is 16.5 Å². The van der Waals surface area contributed by atoms with Crippen molar-refractivity contribution in [3.8, 4) is 5.69 Å². The van der Waals surface area contributed by atoms with E-state index < -0.39 is 0 Å². The maximum Gasteiger partial charge on any atom is 0.0692 e. The monoisotopic (exact) mass is 172 g/mol. The van der Waals surface area contributed by atoms with Gasteiger partial charge in [-0.2, -0.15) is 0 Å². The molecule has 0 radical (unpaired) electrons. The summed E-state index contributed by atoms with van der Waals surface area (Å²) in [6.45, 7) is 4.13. The number of hydrogen-bond donors (Lipinski definition) is 0. The largest absolute Gasteiger partial charge is 0.322 e. The van der Waals surface area contributed by atoms with Gasteiger partial charge < -0.3 is 4.57 Å². The normalized spacial score (nSPS) is 10.3. The van der Waals surface area contributed by atoms with Crippen molar-refractivity contribution in [3.63, 3.8) is 0 Å². The van der Waals surface area contributed by atoms with E-state index in [4.69, 9.17) is 0 Å². The van der Waals surface area contributed by atoms with Crippen LogP contribution in [0.3, 0.4) is 0 Å². The molecule has 0 saturated carbocycles. The zero-order chi connectivity index (χ0) is 9.26. The molecule has 0 aliphatic carbocycles. The molecular formula is C11H12N2. The summed E-state index contributed by atoms with van der Waals surface area (Å²) < 4.78 is 2.09. The molecule has 0 fully saturated rings. The molecule has 0 N–H and O–H groups in total. The number of aryl methyl sites for hydroxylation is 2. The number of aromatic nitrogens is 2. The smallest absolute Gasteiger partial charge is 0.0692 e. The summed E-state index contributed by atoms with van der Waals surface area (Å²) in [5, 5.41) is 0. The molecule has 0 aliphatic heterocycles. The first kappa shape index (κ1) is 8.05. The second kappa shape index (κ2) is 3.05. The molecule has 2 aromatic heterocycles. The highest BCUT2D eigenvalue weighted by Gasteiger charge is 2.03. The third-order valence-corrected chi connectivity index (χ3v) is 2.17. The molecule has 2 heterocycles. The van der Waals surface area contributed by atoms with Crippen molar-refractivity contribution >= 4 is 0 Å². The number of nitrogens with zero attached hydrogens (tertiary/aromatic N) is 2. The summed E-state index contributed by atoms with van der Waals surface area (Å²) in [6.07, 6.45) is 5.92. The minimum atomic E-state index is 1.07. The SMILES string of the molecule is Cc1ccnc(C)c1-n1cccc1. The Morgan fingerprint density at radius 3 is 2.46 bits per heavy atom. The maximum absolute atomic E-state index is 4.28. The molecule has 0 aliphatic rings. The van der Waals surface area contributed by atoms with Crippen LogP contribution in [0.25, 0.3) is 5.69 Å². The predicted octanol–water partition coefficient (Wildman–Crippen LogP) is 2.49. The molecule has 2 heteroatoms. The van der Waals surface area contributed by atoms with Gasteiger partial charge in [-0.05, 0) is 37.6 Å². The average Bonchev–Trinajstić information content (AvgIpc) is 2.57. The second-order valence-corrected chi connectivity index (χ2v) is 3.15. The number of rotatable bonds is 1. The van der Waals surface area contributed by atoms with Gasteiger partial charge in [0.15, 0.2) is 0 Å².